The van der Waals surface area contributed by atoms with Gasteiger partial charge in [0.1, 0.15) is 0 Å². The Balaban J connectivity index is 2.37. The highest BCUT2D eigenvalue weighted by Gasteiger charge is 2.32. The molecule has 202 valence electrons. The lowest BCUT2D eigenvalue weighted by Gasteiger charge is -2.37. The Labute approximate surface area is 212 Å². The van der Waals surface area contributed by atoms with Gasteiger partial charge in [-0.2, -0.15) is 0 Å². The molecule has 1 atom stereocenters. The topological polar surface area (TPSA) is 47.6 Å². The number of hydrogen-bond donors (Lipinski definition) is 1. The van der Waals surface area contributed by atoms with Gasteiger partial charge in [-0.1, -0.05) is 60.3 Å². The Morgan fingerprint density at radius 3 is 1.65 bits per heavy atom. The smallest absolute Gasteiger partial charge is 0.223 e. The molecule has 1 aliphatic rings. The molecule has 0 aromatic rings. The third-order valence-electron chi connectivity index (χ3n) is 7.81. The average molecular weight is 482 g/mol. The fourth-order valence-electron chi connectivity index (χ4n) is 5.11. The Morgan fingerprint density at radius 2 is 1.24 bits per heavy atom. The first-order valence-electron chi connectivity index (χ1n) is 14.1. The molecule has 0 aliphatic heterocycles. The van der Waals surface area contributed by atoms with Crippen LogP contribution in [0.4, 0.5) is 0 Å². The molecule has 1 fully saturated rings. The minimum absolute atomic E-state index is 0.00996. The second-order valence-electron chi connectivity index (χ2n) is 13.8. The zero-order valence-electron chi connectivity index (χ0n) is 24.7. The fourth-order valence-corrected chi connectivity index (χ4v) is 5.11. The van der Waals surface area contributed by atoms with Gasteiger partial charge in [0.25, 0.3) is 0 Å². The van der Waals surface area contributed by atoms with E-state index in [4.69, 9.17) is 9.47 Å². The summed E-state index contributed by atoms with van der Waals surface area (Å²) in [6, 6.07) is 0. The molecule has 4 heteroatoms. The van der Waals surface area contributed by atoms with E-state index in [1.54, 1.807) is 0 Å². The summed E-state index contributed by atoms with van der Waals surface area (Å²) in [5, 5.41) is 3.22. The van der Waals surface area contributed by atoms with Crippen molar-refractivity contribution in [1.82, 2.24) is 5.32 Å². The molecule has 1 saturated carbocycles. The summed E-state index contributed by atoms with van der Waals surface area (Å²) in [7, 11) is 0. The normalized spacial score (nSPS) is 21.2. The lowest BCUT2D eigenvalue weighted by Crippen LogP contribution is -2.47. The fraction of sp³-hybridized carbons (Fsp3) is 0.967. The molecular formula is C30H59NO3. The zero-order valence-corrected chi connectivity index (χ0v) is 24.7. The molecule has 1 rings (SSSR count). The lowest BCUT2D eigenvalue weighted by molar-refractivity contribution is -0.127. The maximum Gasteiger partial charge on any atom is 0.223 e. The van der Waals surface area contributed by atoms with Gasteiger partial charge in [0.2, 0.25) is 5.91 Å². The number of carbonyl (C=O) groups is 1. The van der Waals surface area contributed by atoms with Gasteiger partial charge < -0.3 is 14.8 Å². The predicted molar refractivity (Wildman–Crippen MR) is 145 cm³/mol. The number of ether oxygens (including phenoxy) is 2. The largest absolute Gasteiger partial charge is 0.376 e. The van der Waals surface area contributed by atoms with Crippen LogP contribution in [-0.2, 0) is 14.3 Å². The zero-order chi connectivity index (χ0) is 26.2. The van der Waals surface area contributed by atoms with Crippen molar-refractivity contribution in [3.8, 4) is 0 Å². The SMILES string of the molecule is CC(C)CCOC(C)(C)CC1CCC(CC(C)(C)OCCC(C)(C)NC(=O)C(C)C(C)C)CC1. The Hall–Kier alpha value is -0.610. The van der Waals surface area contributed by atoms with E-state index in [2.05, 4.69) is 74.6 Å². The molecule has 0 saturated heterocycles. The molecule has 1 aliphatic carbocycles. The molecule has 0 aromatic heterocycles. The number of carbonyl (C=O) groups excluding carboxylic acids is 1. The highest BCUT2D eigenvalue weighted by atomic mass is 16.5. The number of rotatable bonds is 15. The van der Waals surface area contributed by atoms with Gasteiger partial charge in [0.15, 0.2) is 0 Å². The molecule has 0 heterocycles. The van der Waals surface area contributed by atoms with Crippen molar-refractivity contribution in [3.05, 3.63) is 0 Å². The standard InChI is InChI=1S/C30H59NO3/c1-22(2)16-18-33-29(8,9)20-25-12-14-26(15-13-25)21-30(10,11)34-19-17-28(6,7)31-27(32)24(5)23(3)4/h22-26H,12-21H2,1-11H3,(H,31,32). The minimum atomic E-state index is -0.252. The van der Waals surface area contributed by atoms with Crippen LogP contribution in [0.2, 0.25) is 0 Å². The van der Waals surface area contributed by atoms with Crippen LogP contribution in [0, 0.1) is 29.6 Å². The number of nitrogens with one attached hydrogen (secondary N) is 1. The van der Waals surface area contributed by atoms with Gasteiger partial charge in [-0.05, 0) is 90.9 Å². The van der Waals surface area contributed by atoms with Crippen LogP contribution in [0.5, 0.6) is 0 Å². The first-order chi connectivity index (χ1) is 15.5. The highest BCUT2D eigenvalue weighted by molar-refractivity contribution is 5.79. The third-order valence-corrected chi connectivity index (χ3v) is 7.81. The van der Waals surface area contributed by atoms with E-state index in [1.807, 2.05) is 6.92 Å². The molecule has 0 aromatic carbocycles. The molecule has 0 spiro atoms. The second kappa shape index (κ2) is 13.6. The van der Waals surface area contributed by atoms with Crippen molar-refractivity contribution in [3.63, 3.8) is 0 Å². The summed E-state index contributed by atoms with van der Waals surface area (Å²) in [5.74, 6) is 2.76. The van der Waals surface area contributed by atoms with E-state index >= 15 is 0 Å². The van der Waals surface area contributed by atoms with Gasteiger partial charge in [0.05, 0.1) is 11.2 Å². The first-order valence-corrected chi connectivity index (χ1v) is 14.1. The Morgan fingerprint density at radius 1 is 0.794 bits per heavy atom. The molecule has 34 heavy (non-hydrogen) atoms. The van der Waals surface area contributed by atoms with E-state index in [9.17, 15) is 4.79 Å². The van der Waals surface area contributed by atoms with Gasteiger partial charge in [-0.15, -0.1) is 0 Å². The van der Waals surface area contributed by atoms with Crippen LogP contribution >= 0.6 is 0 Å². The predicted octanol–water partition coefficient (Wildman–Crippen LogP) is 7.79. The van der Waals surface area contributed by atoms with Crippen molar-refractivity contribution >= 4 is 5.91 Å². The van der Waals surface area contributed by atoms with E-state index < -0.39 is 0 Å². The summed E-state index contributed by atoms with van der Waals surface area (Å²) in [6.45, 7) is 25.5. The van der Waals surface area contributed by atoms with E-state index in [0.29, 0.717) is 18.4 Å². The van der Waals surface area contributed by atoms with Gasteiger partial charge in [-0.25, -0.2) is 0 Å². The Bertz CT molecular complexity index is 586. The molecule has 1 N–H and O–H groups in total. The average Bonchev–Trinajstić information content (AvgIpc) is 2.67. The summed E-state index contributed by atoms with van der Waals surface area (Å²) in [6.07, 6.45) is 9.48. The van der Waals surface area contributed by atoms with E-state index in [-0.39, 0.29) is 28.6 Å². The van der Waals surface area contributed by atoms with Crippen molar-refractivity contribution in [2.24, 2.45) is 29.6 Å². The van der Waals surface area contributed by atoms with Crippen LogP contribution in [0.1, 0.15) is 128 Å². The van der Waals surface area contributed by atoms with E-state index in [0.717, 1.165) is 37.7 Å². The number of amides is 1. The first kappa shape index (κ1) is 31.4. The summed E-state index contributed by atoms with van der Waals surface area (Å²) < 4.78 is 12.6. The quantitative estimate of drug-likeness (QED) is 0.260. The van der Waals surface area contributed by atoms with Crippen molar-refractivity contribution in [2.75, 3.05) is 13.2 Å². The van der Waals surface area contributed by atoms with Gasteiger partial charge in [0, 0.05) is 24.7 Å². The molecule has 0 radical (unpaired) electrons. The minimum Gasteiger partial charge on any atom is -0.376 e. The van der Waals surface area contributed by atoms with Crippen LogP contribution in [0.3, 0.4) is 0 Å². The van der Waals surface area contributed by atoms with Crippen molar-refractivity contribution < 1.29 is 14.3 Å². The second-order valence-corrected chi connectivity index (χ2v) is 13.8. The number of hydrogen-bond acceptors (Lipinski definition) is 3. The molecule has 1 amide bonds. The summed E-state index contributed by atoms with van der Waals surface area (Å²) in [5.41, 5.74) is -0.385. The summed E-state index contributed by atoms with van der Waals surface area (Å²) in [4.78, 5) is 12.5. The molecular weight excluding hydrogens is 422 g/mol. The molecule has 1 unspecified atom stereocenters. The van der Waals surface area contributed by atoms with Crippen molar-refractivity contribution in [2.45, 2.75) is 144 Å². The molecule has 4 nitrogen and oxygen atoms in total. The van der Waals surface area contributed by atoms with Crippen LogP contribution in [0.15, 0.2) is 0 Å². The maximum absolute atomic E-state index is 12.5. The summed E-state index contributed by atoms with van der Waals surface area (Å²) >= 11 is 0. The highest BCUT2D eigenvalue weighted by Crippen LogP contribution is 2.38. The van der Waals surface area contributed by atoms with Crippen LogP contribution in [-0.4, -0.2) is 35.9 Å². The maximum atomic E-state index is 12.5. The van der Waals surface area contributed by atoms with Gasteiger partial charge in [-0.3, -0.25) is 4.79 Å². The monoisotopic (exact) mass is 481 g/mol. The third kappa shape index (κ3) is 12.9. The van der Waals surface area contributed by atoms with Gasteiger partial charge >= 0.3 is 0 Å². The van der Waals surface area contributed by atoms with Crippen LogP contribution in [0.25, 0.3) is 0 Å². The molecule has 0 bridgehead atoms. The lowest BCUT2D eigenvalue weighted by atomic mass is 9.74. The van der Waals surface area contributed by atoms with Crippen LogP contribution < -0.4 is 5.32 Å². The van der Waals surface area contributed by atoms with Crippen molar-refractivity contribution in [1.29, 1.82) is 0 Å². The van der Waals surface area contributed by atoms with E-state index in [1.165, 1.54) is 32.1 Å². The Kier molecular flexibility index (Phi) is 12.6.